The molecule has 33 heavy (non-hydrogen) atoms. The van der Waals surface area contributed by atoms with E-state index in [0.29, 0.717) is 24.5 Å². The predicted molar refractivity (Wildman–Crippen MR) is 116 cm³/mol. The average molecular weight is 454 g/mol. The van der Waals surface area contributed by atoms with E-state index in [9.17, 15) is 18.3 Å². The van der Waals surface area contributed by atoms with Crippen LogP contribution < -0.4 is 0 Å². The minimum atomic E-state index is -1.52. The van der Waals surface area contributed by atoms with E-state index in [2.05, 4.69) is 10.1 Å². The fourth-order valence-electron chi connectivity index (χ4n) is 4.29. The van der Waals surface area contributed by atoms with Crippen molar-refractivity contribution in [3.63, 3.8) is 0 Å². The second-order valence-electron chi connectivity index (χ2n) is 8.34. The third-order valence-electron chi connectivity index (χ3n) is 6.05. The highest BCUT2D eigenvalue weighted by Crippen LogP contribution is 2.41. The highest BCUT2D eigenvalue weighted by Gasteiger charge is 2.46. The molecule has 2 aliphatic rings. The summed E-state index contributed by atoms with van der Waals surface area (Å²) >= 11 is 0. The van der Waals surface area contributed by atoms with Gasteiger partial charge < -0.3 is 19.4 Å². The lowest BCUT2D eigenvalue weighted by atomic mass is 9.95. The van der Waals surface area contributed by atoms with Gasteiger partial charge in [0.25, 0.3) is 0 Å². The molecular formula is C24H21F3N4O2. The maximum atomic E-state index is 13.9. The van der Waals surface area contributed by atoms with Crippen molar-refractivity contribution < 1.29 is 23.1 Å². The first kappa shape index (κ1) is 21.1. The van der Waals surface area contributed by atoms with E-state index in [1.807, 2.05) is 30.2 Å². The van der Waals surface area contributed by atoms with Gasteiger partial charge in [-0.25, -0.2) is 18.2 Å². The van der Waals surface area contributed by atoms with E-state index < -0.39 is 23.2 Å². The zero-order valence-electron chi connectivity index (χ0n) is 18.0. The second kappa shape index (κ2) is 7.68. The molecule has 0 radical (unpaired) electrons. The van der Waals surface area contributed by atoms with Crippen LogP contribution in [0, 0.1) is 24.4 Å². The van der Waals surface area contributed by atoms with Gasteiger partial charge in [-0.05, 0) is 61.2 Å². The van der Waals surface area contributed by atoms with E-state index in [1.165, 1.54) is 0 Å². The first-order chi connectivity index (χ1) is 15.8. The molecule has 2 aliphatic heterocycles. The number of fused-ring (bicyclic) bond motifs is 1. The van der Waals surface area contributed by atoms with Crippen LogP contribution in [-0.2, 0) is 10.6 Å². The molecule has 0 amide bonds. The van der Waals surface area contributed by atoms with Crippen molar-refractivity contribution in [2.45, 2.75) is 32.4 Å². The molecule has 2 aromatic carbocycles. The molecule has 0 spiro atoms. The van der Waals surface area contributed by atoms with Crippen molar-refractivity contribution in [3.8, 4) is 11.4 Å². The van der Waals surface area contributed by atoms with Gasteiger partial charge >= 0.3 is 0 Å². The maximum absolute atomic E-state index is 13.9. The summed E-state index contributed by atoms with van der Waals surface area (Å²) in [5.41, 5.74) is 1.94. The van der Waals surface area contributed by atoms with Gasteiger partial charge in [-0.15, -0.1) is 0 Å². The van der Waals surface area contributed by atoms with Gasteiger partial charge in [0.15, 0.2) is 23.3 Å². The molecule has 1 fully saturated rings. The third-order valence-corrected chi connectivity index (χ3v) is 6.05. The number of hydrogen-bond donors (Lipinski definition) is 1. The van der Waals surface area contributed by atoms with Crippen molar-refractivity contribution in [1.29, 1.82) is 0 Å². The Morgan fingerprint density at radius 3 is 2.58 bits per heavy atom. The number of nitrogens with zero attached hydrogens (tertiary/aromatic N) is 4. The minimum absolute atomic E-state index is 0.0983. The van der Waals surface area contributed by atoms with E-state index >= 15 is 0 Å². The number of aryl methyl sites for hydroxylation is 1. The number of aromatic hydroxyl groups is 1. The molecule has 1 saturated heterocycles. The lowest BCUT2D eigenvalue weighted by Gasteiger charge is -2.37. The van der Waals surface area contributed by atoms with E-state index in [0.717, 1.165) is 35.4 Å². The van der Waals surface area contributed by atoms with Crippen LogP contribution >= 0.6 is 0 Å². The van der Waals surface area contributed by atoms with Gasteiger partial charge in [-0.2, -0.15) is 0 Å². The average Bonchev–Trinajstić information content (AvgIpc) is 3.37. The Balaban J connectivity index is 1.45. The normalized spacial score (nSPS) is 21.2. The maximum Gasteiger partial charge on any atom is 0.234 e. The molecule has 3 aromatic rings. The Labute approximate surface area is 188 Å². The molecule has 9 heteroatoms. The molecule has 0 aliphatic carbocycles. The molecule has 1 N–H and O–H groups in total. The summed E-state index contributed by atoms with van der Waals surface area (Å²) in [6.45, 7) is 4.07. The molecule has 0 bridgehead atoms. The van der Waals surface area contributed by atoms with Crippen LogP contribution in [0.4, 0.5) is 13.2 Å². The Bertz CT molecular complexity index is 1290. The molecule has 0 saturated carbocycles. The number of oxime groups is 1. The lowest BCUT2D eigenvalue weighted by molar-refractivity contribution is -0.0917. The zero-order valence-corrected chi connectivity index (χ0v) is 18.0. The number of halogens is 3. The van der Waals surface area contributed by atoms with Gasteiger partial charge in [0.2, 0.25) is 5.72 Å². The van der Waals surface area contributed by atoms with Crippen molar-refractivity contribution in [2.24, 2.45) is 5.16 Å². The first-order valence-corrected chi connectivity index (χ1v) is 10.5. The van der Waals surface area contributed by atoms with Gasteiger partial charge in [0, 0.05) is 25.2 Å². The number of phenolic OH excluding ortho intramolecular Hbond substituents is 1. The SMILES string of the molecule is Cc1cn(-c2ccc(/C=C3\CCCN4C3=NOC4(C)c3cc(F)c(F)c(F)c3)cc2O)cn1. The Morgan fingerprint density at radius 1 is 1.15 bits per heavy atom. The van der Waals surface area contributed by atoms with Crippen molar-refractivity contribution >= 4 is 11.9 Å². The lowest BCUT2D eigenvalue weighted by Crippen LogP contribution is -2.47. The van der Waals surface area contributed by atoms with Gasteiger partial charge in [0.05, 0.1) is 17.7 Å². The highest BCUT2D eigenvalue weighted by atomic mass is 19.2. The fourth-order valence-corrected chi connectivity index (χ4v) is 4.29. The molecule has 1 unspecified atom stereocenters. The smallest absolute Gasteiger partial charge is 0.234 e. The summed E-state index contributed by atoms with van der Waals surface area (Å²) in [5, 5.41) is 14.7. The molecule has 170 valence electrons. The molecule has 3 heterocycles. The van der Waals surface area contributed by atoms with Crippen molar-refractivity contribution in [3.05, 3.63) is 82.7 Å². The summed E-state index contributed by atoms with van der Waals surface area (Å²) in [6, 6.07) is 7.19. The molecule has 6 nitrogen and oxygen atoms in total. The van der Waals surface area contributed by atoms with E-state index in [4.69, 9.17) is 4.84 Å². The zero-order chi connectivity index (χ0) is 23.3. The molecule has 5 rings (SSSR count). The van der Waals surface area contributed by atoms with Crippen LogP contribution in [0.2, 0.25) is 0 Å². The summed E-state index contributed by atoms with van der Waals surface area (Å²) < 4.78 is 43.0. The number of hydrogen-bond acceptors (Lipinski definition) is 5. The number of piperidine rings is 1. The quantitative estimate of drug-likeness (QED) is 0.566. The fraction of sp³-hybridized carbons (Fsp3) is 0.250. The molecule has 1 atom stereocenters. The van der Waals surface area contributed by atoms with Crippen LogP contribution in [0.1, 0.15) is 36.6 Å². The minimum Gasteiger partial charge on any atom is -0.506 e. The van der Waals surface area contributed by atoms with Crippen LogP contribution in [-0.4, -0.2) is 31.9 Å². The predicted octanol–water partition coefficient (Wildman–Crippen LogP) is 5.00. The number of aromatic nitrogens is 2. The monoisotopic (exact) mass is 454 g/mol. The van der Waals surface area contributed by atoms with Gasteiger partial charge in [-0.3, -0.25) is 0 Å². The number of benzene rings is 2. The Hall–Kier alpha value is -3.75. The largest absolute Gasteiger partial charge is 0.506 e. The summed E-state index contributed by atoms with van der Waals surface area (Å²) in [4.78, 5) is 11.6. The Kier molecular flexibility index (Phi) is 4.92. The van der Waals surface area contributed by atoms with Gasteiger partial charge in [0.1, 0.15) is 5.75 Å². The summed E-state index contributed by atoms with van der Waals surface area (Å²) in [6.07, 6.45) is 6.82. The van der Waals surface area contributed by atoms with E-state index in [1.54, 1.807) is 30.0 Å². The van der Waals surface area contributed by atoms with Crippen LogP contribution in [0.5, 0.6) is 5.75 Å². The van der Waals surface area contributed by atoms with Gasteiger partial charge in [-0.1, -0.05) is 11.2 Å². The highest BCUT2D eigenvalue weighted by molar-refractivity contribution is 6.03. The second-order valence-corrected chi connectivity index (χ2v) is 8.34. The van der Waals surface area contributed by atoms with E-state index in [-0.39, 0.29) is 11.3 Å². The molecule has 1 aromatic heterocycles. The van der Waals surface area contributed by atoms with Crippen molar-refractivity contribution in [2.75, 3.05) is 6.54 Å². The number of imidazole rings is 1. The first-order valence-electron chi connectivity index (χ1n) is 10.5. The summed E-state index contributed by atoms with van der Waals surface area (Å²) in [5.74, 6) is -3.43. The van der Waals surface area contributed by atoms with Crippen LogP contribution in [0.3, 0.4) is 0 Å². The standard InChI is InChI=1S/C24H21F3N4O2/c1-14-12-30(13-28-14)20-6-5-15(9-21(20)32)8-16-4-3-7-31-23(16)29-33-24(31,2)17-10-18(25)22(27)19(26)11-17/h5-6,8-13,32H,3-4,7H2,1-2H3/b16-8+. The van der Waals surface area contributed by atoms with Crippen LogP contribution in [0.15, 0.2) is 53.6 Å². The number of phenols is 1. The summed E-state index contributed by atoms with van der Waals surface area (Å²) in [7, 11) is 0. The topological polar surface area (TPSA) is 62.9 Å². The number of amidine groups is 1. The third kappa shape index (κ3) is 3.53. The Morgan fingerprint density at radius 2 is 1.91 bits per heavy atom. The number of rotatable bonds is 3. The molecular weight excluding hydrogens is 433 g/mol. The van der Waals surface area contributed by atoms with Crippen molar-refractivity contribution in [1.82, 2.24) is 14.5 Å². The van der Waals surface area contributed by atoms with Crippen LogP contribution in [0.25, 0.3) is 11.8 Å².